The maximum Gasteiger partial charge on any atom is 0.273 e. The van der Waals surface area contributed by atoms with Gasteiger partial charge >= 0.3 is 0 Å². The molecule has 0 aliphatic carbocycles. The minimum absolute atomic E-state index is 0.0320. The third kappa shape index (κ3) is 5.11. The lowest BCUT2D eigenvalue weighted by molar-refractivity contribution is -0.575. The fourth-order valence-corrected chi connectivity index (χ4v) is 3.98. The molecule has 5 atom stereocenters. The number of likely N-dealkylation sites (N-methyl/N-ethyl adjacent to an activating group) is 1. The van der Waals surface area contributed by atoms with Gasteiger partial charge in [-0.25, -0.2) is 9.48 Å². The van der Waals surface area contributed by atoms with Crippen LogP contribution in [0.4, 0.5) is 0 Å². The first-order valence-corrected chi connectivity index (χ1v) is 10.6. The van der Waals surface area contributed by atoms with Gasteiger partial charge in [0.2, 0.25) is 12.7 Å². The summed E-state index contributed by atoms with van der Waals surface area (Å²) >= 11 is 5.91. The quantitative estimate of drug-likeness (QED) is 0.249. The first-order chi connectivity index (χ1) is 14.3. The van der Waals surface area contributed by atoms with Gasteiger partial charge in [-0.3, -0.25) is 21.8 Å². The molecular formula is C20H33ClN7O2+. The zero-order valence-corrected chi connectivity index (χ0v) is 18.5. The van der Waals surface area contributed by atoms with Crippen molar-refractivity contribution >= 4 is 23.8 Å². The third-order valence-corrected chi connectivity index (χ3v) is 6.04. The lowest BCUT2D eigenvalue weighted by Crippen LogP contribution is -2.67. The van der Waals surface area contributed by atoms with Crippen LogP contribution in [0.3, 0.4) is 0 Å². The lowest BCUT2D eigenvalue weighted by atomic mass is 10.1. The first kappa shape index (κ1) is 22.9. The number of hydrogen-bond acceptors (Lipinski definition) is 8. The second kappa shape index (κ2) is 10.0. The van der Waals surface area contributed by atoms with E-state index < -0.39 is 6.41 Å². The van der Waals surface area contributed by atoms with Crippen LogP contribution in [0.15, 0.2) is 29.3 Å². The summed E-state index contributed by atoms with van der Waals surface area (Å²) in [7, 11) is 3.87. The van der Waals surface area contributed by atoms with Crippen LogP contribution in [-0.4, -0.2) is 83.8 Å². The van der Waals surface area contributed by atoms with Crippen LogP contribution in [0.5, 0.6) is 0 Å². The highest BCUT2D eigenvalue weighted by Crippen LogP contribution is 2.22. The van der Waals surface area contributed by atoms with Gasteiger partial charge in [-0.05, 0) is 44.5 Å². The van der Waals surface area contributed by atoms with E-state index in [9.17, 15) is 5.11 Å². The maximum absolute atomic E-state index is 10.1. The zero-order chi connectivity index (χ0) is 21.8. The van der Waals surface area contributed by atoms with Crippen molar-refractivity contribution in [3.63, 3.8) is 0 Å². The molecule has 2 aliphatic rings. The number of aliphatic hydroxyl groups is 1. The Bertz CT molecular complexity index is 773. The Hall–Kier alpha value is -1.75. The maximum atomic E-state index is 10.1. The third-order valence-electron chi connectivity index (χ3n) is 5.79. The topological polar surface area (TPSA) is 115 Å². The molecule has 0 aromatic heterocycles. The summed E-state index contributed by atoms with van der Waals surface area (Å²) in [4.78, 5) is 8.81. The number of nitrogens with zero attached hydrogens (tertiary/aromatic N) is 4. The smallest absolute Gasteiger partial charge is 0.273 e. The fourth-order valence-electron chi connectivity index (χ4n) is 3.85. The number of unbranched alkanes of at least 4 members (excludes halogenated alkanes) is 1. The highest BCUT2D eigenvalue weighted by atomic mass is 35.5. The number of amidine groups is 1. The van der Waals surface area contributed by atoms with Gasteiger partial charge in [-0.15, -0.1) is 0 Å². The van der Waals surface area contributed by atoms with Crippen LogP contribution in [0.1, 0.15) is 31.4 Å². The molecule has 1 aromatic carbocycles. The summed E-state index contributed by atoms with van der Waals surface area (Å²) in [5.41, 5.74) is 13.5. The summed E-state index contributed by atoms with van der Waals surface area (Å²) in [6.45, 7) is 3.23. The second-order valence-corrected chi connectivity index (χ2v) is 8.28. The summed E-state index contributed by atoms with van der Waals surface area (Å²) in [6, 6.07) is 7.35. The molecule has 10 heteroatoms. The number of benzene rings is 1. The van der Waals surface area contributed by atoms with Crippen molar-refractivity contribution in [3.05, 3.63) is 34.9 Å². The molecule has 0 spiro atoms. The van der Waals surface area contributed by atoms with Gasteiger partial charge < -0.3 is 14.7 Å². The summed E-state index contributed by atoms with van der Waals surface area (Å²) in [5.74, 6) is 0.691. The number of aliphatic imine (C=N–C) groups is 1. The molecule has 0 fully saturated rings. The van der Waals surface area contributed by atoms with Crippen molar-refractivity contribution in [2.24, 2.45) is 16.5 Å². The Morgan fingerprint density at radius 1 is 1.33 bits per heavy atom. The van der Waals surface area contributed by atoms with Crippen molar-refractivity contribution < 1.29 is 14.4 Å². The van der Waals surface area contributed by atoms with E-state index in [0.29, 0.717) is 17.5 Å². The van der Waals surface area contributed by atoms with Crippen LogP contribution in [-0.2, 0) is 4.74 Å². The molecule has 2 aliphatic heterocycles. The Morgan fingerprint density at radius 2 is 2.03 bits per heavy atom. The van der Waals surface area contributed by atoms with Crippen molar-refractivity contribution in [2.45, 2.75) is 50.7 Å². The molecule has 0 radical (unpaired) electrons. The van der Waals surface area contributed by atoms with Gasteiger partial charge in [-0.2, -0.15) is 0 Å². The Morgan fingerprint density at radius 3 is 2.73 bits per heavy atom. The minimum atomic E-state index is -1.03. The largest absolute Gasteiger partial charge is 0.356 e. The monoisotopic (exact) mass is 438 g/mol. The average Bonchev–Trinajstić information content (AvgIpc) is 3.15. The molecule has 166 valence electrons. The van der Waals surface area contributed by atoms with Crippen molar-refractivity contribution in [1.29, 1.82) is 0 Å². The predicted octanol–water partition coefficient (Wildman–Crippen LogP) is 0.289. The molecule has 3 rings (SSSR count). The molecule has 4 unspecified atom stereocenters. The highest BCUT2D eigenvalue weighted by molar-refractivity contribution is 6.30. The van der Waals surface area contributed by atoms with E-state index in [2.05, 4.69) is 20.1 Å². The Labute approximate surface area is 182 Å². The first-order valence-electron chi connectivity index (χ1n) is 10.2. The molecular weight excluding hydrogens is 406 g/mol. The van der Waals surface area contributed by atoms with Crippen molar-refractivity contribution in [2.75, 3.05) is 27.2 Å². The highest BCUT2D eigenvalue weighted by Gasteiger charge is 2.46. The van der Waals surface area contributed by atoms with Crippen molar-refractivity contribution in [1.82, 2.24) is 15.1 Å². The van der Waals surface area contributed by atoms with Gasteiger partial charge in [-0.1, -0.05) is 23.7 Å². The van der Waals surface area contributed by atoms with E-state index in [1.807, 2.05) is 56.2 Å². The predicted molar refractivity (Wildman–Crippen MR) is 118 cm³/mol. The zero-order valence-electron chi connectivity index (χ0n) is 17.8. The SMILES string of the molecule is C[C@@H](NC(O)OCCCCN1C=NC2C(N)=[N+](C)C(N)N(C)C21)c1ccc(Cl)cc1. The number of aliphatic hydroxyl groups excluding tert-OH is 1. The number of ether oxygens (including phenoxy) is 1. The molecule has 6 N–H and O–H groups in total. The summed E-state index contributed by atoms with van der Waals surface area (Å²) < 4.78 is 7.36. The average molecular weight is 439 g/mol. The van der Waals surface area contributed by atoms with E-state index in [-0.39, 0.29) is 24.5 Å². The van der Waals surface area contributed by atoms with Crippen LogP contribution < -0.4 is 16.8 Å². The number of nitrogens with two attached hydrogens (primary N) is 2. The molecule has 0 bridgehead atoms. The molecule has 2 heterocycles. The van der Waals surface area contributed by atoms with Gasteiger partial charge in [0.25, 0.3) is 5.84 Å². The molecule has 0 saturated heterocycles. The number of hydrogen-bond donors (Lipinski definition) is 4. The standard InChI is InChI=1S/C20H32ClN7O2/c1-13(14-6-8-15(21)9-7-14)25-20(29)30-11-5-4-10-28-12-24-16-17(22)26(2)19(23)27(3)18(16)28/h6-9,12-13,16,18-20,22,25,29H,4-5,10-11,23H2,1-3H3/p+1/t13-,16?,18?,19?,20?/m1/s1. The van der Waals surface area contributed by atoms with E-state index in [1.165, 1.54) is 0 Å². The van der Waals surface area contributed by atoms with Crippen LogP contribution >= 0.6 is 11.6 Å². The summed E-state index contributed by atoms with van der Waals surface area (Å²) in [6.07, 6.45) is 2.29. The van der Waals surface area contributed by atoms with Crippen molar-refractivity contribution in [3.8, 4) is 0 Å². The fraction of sp³-hybridized carbons (Fsp3) is 0.600. The van der Waals surface area contributed by atoms with Crippen LogP contribution in [0, 0.1) is 0 Å². The van der Waals surface area contributed by atoms with Gasteiger partial charge in [0.15, 0.2) is 6.04 Å². The Balaban J connectivity index is 1.37. The van der Waals surface area contributed by atoms with E-state index in [1.54, 1.807) is 0 Å². The number of nitrogens with one attached hydrogen (secondary N) is 1. The van der Waals surface area contributed by atoms with Crippen LogP contribution in [0.2, 0.25) is 5.02 Å². The van der Waals surface area contributed by atoms with E-state index >= 15 is 0 Å². The molecule has 1 aromatic rings. The lowest BCUT2D eigenvalue weighted by Gasteiger charge is -2.40. The summed E-state index contributed by atoms with van der Waals surface area (Å²) in [5, 5.41) is 13.8. The molecule has 0 saturated carbocycles. The second-order valence-electron chi connectivity index (χ2n) is 7.85. The number of rotatable bonds is 9. The number of halogens is 1. The van der Waals surface area contributed by atoms with Gasteiger partial charge in [0, 0.05) is 17.6 Å². The normalized spacial score (nSPS) is 26.2. The Kier molecular flexibility index (Phi) is 7.67. The van der Waals surface area contributed by atoms with Crippen LogP contribution in [0.25, 0.3) is 0 Å². The van der Waals surface area contributed by atoms with E-state index in [0.717, 1.165) is 24.9 Å². The van der Waals surface area contributed by atoms with Gasteiger partial charge in [0.05, 0.1) is 20.0 Å². The molecule has 9 nitrogen and oxygen atoms in total. The van der Waals surface area contributed by atoms with Gasteiger partial charge in [0.1, 0.15) is 6.17 Å². The molecule has 0 amide bonds. The minimum Gasteiger partial charge on any atom is -0.356 e. The van der Waals surface area contributed by atoms with E-state index in [4.69, 9.17) is 27.8 Å². The molecule has 30 heavy (non-hydrogen) atoms. The number of fused-ring (bicyclic) bond motifs is 1.